The van der Waals surface area contributed by atoms with Gasteiger partial charge in [0, 0.05) is 38.3 Å². The molecule has 1 N–H and O–H groups in total. The van der Waals surface area contributed by atoms with Crippen molar-refractivity contribution in [3.63, 3.8) is 0 Å². The number of amides is 1. The number of nitrogens with zero attached hydrogens (tertiary/aromatic N) is 2. The zero-order valence-electron chi connectivity index (χ0n) is 14.5. The van der Waals surface area contributed by atoms with Gasteiger partial charge in [0.25, 0.3) is 0 Å². The molecule has 1 aromatic rings. The molecule has 1 aliphatic rings. The van der Waals surface area contributed by atoms with Crippen LogP contribution in [-0.4, -0.2) is 67.2 Å². The van der Waals surface area contributed by atoms with Gasteiger partial charge < -0.3 is 19.5 Å². The Hall–Kier alpha value is -2.28. The van der Waals surface area contributed by atoms with Crippen LogP contribution in [0.1, 0.15) is 29.3 Å². The number of hydrogen-bond donors (Lipinski definition) is 1. The normalized spacial score (nSPS) is 18.6. The average Bonchev–Trinajstić information content (AvgIpc) is 2.58. The molecular formula is C17H24N2O5. The van der Waals surface area contributed by atoms with Crippen LogP contribution in [0.25, 0.3) is 0 Å². The first kappa shape index (κ1) is 18.1. The van der Waals surface area contributed by atoms with E-state index in [4.69, 9.17) is 9.47 Å². The van der Waals surface area contributed by atoms with Crippen molar-refractivity contribution in [1.29, 1.82) is 0 Å². The molecule has 0 radical (unpaired) electrons. The number of carbonyl (C=O) groups is 2. The van der Waals surface area contributed by atoms with Crippen molar-refractivity contribution in [3.05, 3.63) is 23.3 Å². The monoisotopic (exact) mass is 336 g/mol. The topological polar surface area (TPSA) is 79.3 Å². The molecule has 1 fully saturated rings. The van der Waals surface area contributed by atoms with E-state index in [0.29, 0.717) is 43.1 Å². The van der Waals surface area contributed by atoms with E-state index in [-0.39, 0.29) is 17.5 Å². The van der Waals surface area contributed by atoms with Crippen LogP contribution in [0.5, 0.6) is 11.5 Å². The summed E-state index contributed by atoms with van der Waals surface area (Å²) in [5, 5.41) is 9.55. The van der Waals surface area contributed by atoms with E-state index in [1.165, 1.54) is 20.3 Å². The lowest BCUT2D eigenvalue weighted by Gasteiger charge is -2.39. The van der Waals surface area contributed by atoms with Gasteiger partial charge in [0.1, 0.15) is 11.5 Å². The number of likely N-dealkylation sites (N-methyl/N-ethyl adjacent to an activating group) is 1. The van der Waals surface area contributed by atoms with Gasteiger partial charge in [0.2, 0.25) is 5.91 Å². The number of hydrogen-bond acceptors (Lipinski definition) is 5. The molecule has 1 saturated heterocycles. The molecular weight excluding hydrogens is 312 g/mol. The zero-order chi connectivity index (χ0) is 17.9. The molecule has 0 saturated carbocycles. The molecule has 1 amide bonds. The molecule has 7 nitrogen and oxygen atoms in total. The van der Waals surface area contributed by atoms with E-state index in [0.717, 1.165) is 0 Å². The summed E-state index contributed by atoms with van der Waals surface area (Å²) in [5.74, 6) is -0.105. The number of carbonyl (C=O) groups excluding carboxylic acids is 1. The third kappa shape index (κ3) is 3.46. The average molecular weight is 336 g/mol. The number of benzene rings is 1. The van der Waals surface area contributed by atoms with Gasteiger partial charge in [-0.05, 0) is 12.5 Å². The lowest BCUT2D eigenvalue weighted by Crippen LogP contribution is -2.55. The highest BCUT2D eigenvalue weighted by atomic mass is 16.5. The number of methoxy groups -OCH3 is 2. The summed E-state index contributed by atoms with van der Waals surface area (Å²) >= 11 is 0. The number of carboxylic acid groups (broad SMARTS) is 1. The first-order valence-corrected chi connectivity index (χ1v) is 7.90. The summed E-state index contributed by atoms with van der Waals surface area (Å²) in [6.45, 7) is 3.61. The molecule has 1 atom stereocenters. The van der Waals surface area contributed by atoms with Crippen molar-refractivity contribution >= 4 is 11.9 Å². The minimum absolute atomic E-state index is 0.0631. The lowest BCUT2D eigenvalue weighted by atomic mass is 10.0. The molecule has 1 heterocycles. The fourth-order valence-corrected chi connectivity index (χ4v) is 3.05. The fourth-order valence-electron chi connectivity index (χ4n) is 3.05. The summed E-state index contributed by atoms with van der Waals surface area (Å²) in [6, 6.07) is 2.90. The quantitative estimate of drug-likeness (QED) is 0.847. The Bertz CT molecular complexity index is 632. The minimum atomic E-state index is -1.05. The first-order valence-electron chi connectivity index (χ1n) is 7.90. The van der Waals surface area contributed by atoms with Crippen molar-refractivity contribution in [2.75, 3.05) is 34.4 Å². The van der Waals surface area contributed by atoms with Crippen LogP contribution in [0.15, 0.2) is 12.1 Å². The van der Waals surface area contributed by atoms with Gasteiger partial charge in [0.15, 0.2) is 0 Å². The maximum Gasteiger partial charge on any atom is 0.336 e. The van der Waals surface area contributed by atoms with E-state index in [1.807, 2.05) is 11.8 Å². The summed E-state index contributed by atoms with van der Waals surface area (Å²) in [7, 11) is 4.77. The smallest absolute Gasteiger partial charge is 0.336 e. The Kier molecular flexibility index (Phi) is 5.66. The third-order valence-electron chi connectivity index (χ3n) is 4.44. The predicted octanol–water partition coefficient (Wildman–Crippen LogP) is 1.45. The highest BCUT2D eigenvalue weighted by molar-refractivity contribution is 5.91. The van der Waals surface area contributed by atoms with Crippen molar-refractivity contribution in [2.24, 2.45) is 0 Å². The molecule has 0 spiro atoms. The van der Waals surface area contributed by atoms with Crippen molar-refractivity contribution < 1.29 is 24.2 Å². The van der Waals surface area contributed by atoms with E-state index in [1.54, 1.807) is 18.0 Å². The molecule has 0 aliphatic carbocycles. The maximum absolute atomic E-state index is 12.3. The highest BCUT2D eigenvalue weighted by Crippen LogP contribution is 2.31. The van der Waals surface area contributed by atoms with Gasteiger partial charge in [-0.15, -0.1) is 0 Å². The third-order valence-corrected chi connectivity index (χ3v) is 4.44. The summed E-state index contributed by atoms with van der Waals surface area (Å²) in [5.41, 5.74) is 0.689. The number of ether oxygens (including phenoxy) is 2. The largest absolute Gasteiger partial charge is 0.497 e. The van der Waals surface area contributed by atoms with Crippen molar-refractivity contribution in [1.82, 2.24) is 9.80 Å². The van der Waals surface area contributed by atoms with Crippen LogP contribution >= 0.6 is 0 Å². The van der Waals surface area contributed by atoms with Gasteiger partial charge in [-0.25, -0.2) is 4.79 Å². The second kappa shape index (κ2) is 7.53. The van der Waals surface area contributed by atoms with Crippen LogP contribution < -0.4 is 9.47 Å². The summed E-state index contributed by atoms with van der Waals surface area (Å²) in [4.78, 5) is 27.7. The Morgan fingerprint density at radius 3 is 2.54 bits per heavy atom. The van der Waals surface area contributed by atoms with Gasteiger partial charge in [-0.1, -0.05) is 6.92 Å². The molecule has 0 unspecified atom stereocenters. The predicted molar refractivity (Wildman–Crippen MR) is 88.6 cm³/mol. The molecule has 1 aromatic carbocycles. The van der Waals surface area contributed by atoms with E-state index >= 15 is 0 Å². The Balaban J connectivity index is 2.40. The molecule has 1 aliphatic heterocycles. The van der Waals surface area contributed by atoms with Crippen molar-refractivity contribution in [2.45, 2.75) is 25.9 Å². The lowest BCUT2D eigenvalue weighted by molar-refractivity contribution is -0.140. The molecule has 7 heteroatoms. The zero-order valence-corrected chi connectivity index (χ0v) is 14.5. The Morgan fingerprint density at radius 1 is 1.29 bits per heavy atom. The van der Waals surface area contributed by atoms with Crippen LogP contribution in [0.4, 0.5) is 0 Å². The second-order valence-electron chi connectivity index (χ2n) is 5.82. The van der Waals surface area contributed by atoms with Gasteiger partial charge >= 0.3 is 5.97 Å². The number of rotatable bonds is 6. The van der Waals surface area contributed by atoms with Crippen LogP contribution in [0.3, 0.4) is 0 Å². The van der Waals surface area contributed by atoms with E-state index < -0.39 is 5.97 Å². The Labute approximate surface area is 141 Å². The summed E-state index contributed by atoms with van der Waals surface area (Å²) in [6.07, 6.45) is 0.671. The SMILES string of the molecule is CC[C@@H]1C(=O)N(C)CCN1Cc1c(OC)cc(OC)cc1C(=O)O. The van der Waals surface area contributed by atoms with E-state index in [9.17, 15) is 14.7 Å². The number of aromatic carboxylic acids is 1. The maximum atomic E-state index is 12.3. The number of piperazine rings is 1. The van der Waals surface area contributed by atoms with Gasteiger partial charge in [-0.2, -0.15) is 0 Å². The number of carboxylic acids is 1. The second-order valence-corrected chi connectivity index (χ2v) is 5.82. The first-order chi connectivity index (χ1) is 11.4. The Morgan fingerprint density at radius 2 is 2.00 bits per heavy atom. The van der Waals surface area contributed by atoms with Crippen molar-refractivity contribution in [3.8, 4) is 11.5 Å². The standard InChI is InChI=1S/C17H24N2O5/c1-5-14-16(20)18(2)6-7-19(14)10-13-12(17(21)22)8-11(23-3)9-15(13)24-4/h8-9,14H,5-7,10H2,1-4H3,(H,21,22)/t14-/m1/s1. The van der Waals surface area contributed by atoms with Gasteiger partial charge in [0.05, 0.1) is 25.8 Å². The fraction of sp³-hybridized carbons (Fsp3) is 0.529. The van der Waals surface area contributed by atoms with Crippen LogP contribution in [-0.2, 0) is 11.3 Å². The molecule has 0 bridgehead atoms. The van der Waals surface area contributed by atoms with Crippen LogP contribution in [0.2, 0.25) is 0 Å². The molecule has 2 rings (SSSR count). The summed E-state index contributed by atoms with van der Waals surface area (Å²) < 4.78 is 10.5. The van der Waals surface area contributed by atoms with E-state index in [2.05, 4.69) is 0 Å². The minimum Gasteiger partial charge on any atom is -0.497 e. The molecule has 24 heavy (non-hydrogen) atoms. The molecule has 132 valence electrons. The molecule has 0 aromatic heterocycles. The highest BCUT2D eigenvalue weighted by Gasteiger charge is 2.33. The van der Waals surface area contributed by atoms with Crippen LogP contribution in [0, 0.1) is 0 Å². The van der Waals surface area contributed by atoms with Gasteiger partial charge in [-0.3, -0.25) is 9.69 Å².